The van der Waals surface area contributed by atoms with E-state index in [1.807, 2.05) is 6.92 Å². The Balaban J connectivity index is 0.00000242. The van der Waals surface area contributed by atoms with E-state index in [0.29, 0.717) is 24.2 Å². The molecule has 2 rings (SSSR count). The highest BCUT2D eigenvalue weighted by molar-refractivity contribution is 5.99. The van der Waals surface area contributed by atoms with Gasteiger partial charge < -0.3 is 15.5 Å². The van der Waals surface area contributed by atoms with Crippen LogP contribution in [0, 0.1) is 0 Å². The summed E-state index contributed by atoms with van der Waals surface area (Å²) in [6.45, 7) is 3.88. The zero-order valence-corrected chi connectivity index (χ0v) is 13.9. The lowest BCUT2D eigenvalue weighted by Gasteiger charge is -2.31. The number of hydrogen-bond donors (Lipinski definition) is 1. The second-order valence-electron chi connectivity index (χ2n) is 5.55. The first-order valence-electron chi connectivity index (χ1n) is 7.43. The van der Waals surface area contributed by atoms with Gasteiger partial charge in [0.05, 0.1) is 0 Å². The molecule has 2 N–H and O–H groups in total. The summed E-state index contributed by atoms with van der Waals surface area (Å²) in [5.74, 6) is -0.110. The number of nitrogens with zero attached hydrogens (tertiary/aromatic N) is 2. The van der Waals surface area contributed by atoms with Crippen molar-refractivity contribution in [1.29, 1.82) is 0 Å². The number of halogens is 1. The number of piperidine rings is 1. The molecule has 22 heavy (non-hydrogen) atoms. The standard InChI is InChI=1S/C16H23N3O2.ClH/c1-3-18(2)15(20)12-6-4-7-13(10-12)16(21)19-9-5-8-14(17)11-19;/h4,6-7,10,14H,3,5,8-9,11,17H2,1-2H3;1H. The lowest BCUT2D eigenvalue weighted by Crippen LogP contribution is -2.45. The highest BCUT2D eigenvalue weighted by Crippen LogP contribution is 2.14. The second kappa shape index (κ2) is 8.15. The van der Waals surface area contributed by atoms with Crippen LogP contribution in [0.1, 0.15) is 40.5 Å². The molecule has 1 heterocycles. The fourth-order valence-electron chi connectivity index (χ4n) is 2.53. The Morgan fingerprint density at radius 2 is 2.05 bits per heavy atom. The molecule has 6 heteroatoms. The summed E-state index contributed by atoms with van der Waals surface area (Å²) in [5.41, 5.74) is 7.02. The largest absolute Gasteiger partial charge is 0.342 e. The number of benzene rings is 1. The summed E-state index contributed by atoms with van der Waals surface area (Å²) in [6.07, 6.45) is 1.90. The highest BCUT2D eigenvalue weighted by Gasteiger charge is 2.23. The van der Waals surface area contributed by atoms with E-state index in [2.05, 4.69) is 0 Å². The van der Waals surface area contributed by atoms with Crippen LogP contribution in [-0.2, 0) is 0 Å². The molecule has 122 valence electrons. The van der Waals surface area contributed by atoms with Crippen LogP contribution in [-0.4, -0.2) is 54.3 Å². The van der Waals surface area contributed by atoms with Gasteiger partial charge in [-0.2, -0.15) is 0 Å². The van der Waals surface area contributed by atoms with Crippen molar-refractivity contribution in [3.05, 3.63) is 35.4 Å². The molecule has 5 nitrogen and oxygen atoms in total. The van der Waals surface area contributed by atoms with Gasteiger partial charge in [0.15, 0.2) is 0 Å². The van der Waals surface area contributed by atoms with Crippen LogP contribution in [0.25, 0.3) is 0 Å². The Labute approximate surface area is 137 Å². The first-order chi connectivity index (χ1) is 10.0. The predicted molar refractivity (Wildman–Crippen MR) is 89.4 cm³/mol. The van der Waals surface area contributed by atoms with Crippen molar-refractivity contribution in [2.45, 2.75) is 25.8 Å². The summed E-state index contributed by atoms with van der Waals surface area (Å²) in [4.78, 5) is 28.1. The molecule has 1 aromatic rings. The minimum Gasteiger partial charge on any atom is -0.342 e. The predicted octanol–water partition coefficient (Wildman–Crippen LogP) is 1.76. The van der Waals surface area contributed by atoms with Gasteiger partial charge in [0.1, 0.15) is 0 Å². The van der Waals surface area contributed by atoms with Crippen molar-refractivity contribution in [3.63, 3.8) is 0 Å². The normalized spacial score (nSPS) is 17.6. The molecular weight excluding hydrogens is 302 g/mol. The van der Waals surface area contributed by atoms with Crippen LogP contribution in [0.5, 0.6) is 0 Å². The fraction of sp³-hybridized carbons (Fsp3) is 0.500. The first-order valence-corrected chi connectivity index (χ1v) is 7.43. The van der Waals surface area contributed by atoms with Gasteiger partial charge in [-0.15, -0.1) is 12.4 Å². The fourth-order valence-corrected chi connectivity index (χ4v) is 2.53. The molecule has 1 aliphatic heterocycles. The van der Waals surface area contributed by atoms with Crippen LogP contribution in [0.3, 0.4) is 0 Å². The van der Waals surface area contributed by atoms with Gasteiger partial charge in [-0.25, -0.2) is 0 Å². The zero-order valence-electron chi connectivity index (χ0n) is 13.1. The van der Waals surface area contributed by atoms with Crippen molar-refractivity contribution in [1.82, 2.24) is 9.80 Å². The van der Waals surface area contributed by atoms with E-state index < -0.39 is 0 Å². The summed E-state index contributed by atoms with van der Waals surface area (Å²) in [7, 11) is 1.75. The number of amides is 2. The van der Waals surface area contributed by atoms with E-state index in [0.717, 1.165) is 19.4 Å². The van der Waals surface area contributed by atoms with Crippen LogP contribution >= 0.6 is 12.4 Å². The Kier molecular flexibility index (Phi) is 6.84. The molecule has 1 fully saturated rings. The molecule has 0 spiro atoms. The third-order valence-electron chi connectivity index (χ3n) is 3.92. The van der Waals surface area contributed by atoms with Crippen molar-refractivity contribution >= 4 is 24.2 Å². The van der Waals surface area contributed by atoms with Crippen molar-refractivity contribution in [2.75, 3.05) is 26.7 Å². The smallest absolute Gasteiger partial charge is 0.253 e. The number of hydrogen-bond acceptors (Lipinski definition) is 3. The SMILES string of the molecule is CCN(C)C(=O)c1cccc(C(=O)N2CCCC(N)C2)c1.Cl. The molecule has 0 saturated carbocycles. The molecule has 0 aromatic heterocycles. The average molecular weight is 326 g/mol. The third-order valence-corrected chi connectivity index (χ3v) is 3.92. The van der Waals surface area contributed by atoms with Crippen molar-refractivity contribution < 1.29 is 9.59 Å². The number of carbonyl (C=O) groups is 2. The van der Waals surface area contributed by atoms with E-state index in [1.54, 1.807) is 41.1 Å². The molecule has 0 radical (unpaired) electrons. The van der Waals surface area contributed by atoms with Crippen molar-refractivity contribution in [2.24, 2.45) is 5.73 Å². The van der Waals surface area contributed by atoms with E-state index in [4.69, 9.17) is 5.73 Å². The topological polar surface area (TPSA) is 66.6 Å². The Hall–Kier alpha value is -1.59. The van der Waals surface area contributed by atoms with Crippen LogP contribution in [0.2, 0.25) is 0 Å². The van der Waals surface area contributed by atoms with Gasteiger partial charge in [0, 0.05) is 43.9 Å². The number of nitrogens with two attached hydrogens (primary N) is 1. The lowest BCUT2D eigenvalue weighted by atomic mass is 10.0. The highest BCUT2D eigenvalue weighted by atomic mass is 35.5. The monoisotopic (exact) mass is 325 g/mol. The maximum Gasteiger partial charge on any atom is 0.253 e. The van der Waals surface area contributed by atoms with E-state index in [1.165, 1.54) is 0 Å². The Morgan fingerprint density at radius 3 is 2.68 bits per heavy atom. The van der Waals surface area contributed by atoms with E-state index >= 15 is 0 Å². The molecule has 2 amide bonds. The second-order valence-corrected chi connectivity index (χ2v) is 5.55. The van der Waals surface area contributed by atoms with Gasteiger partial charge in [0.2, 0.25) is 0 Å². The first kappa shape index (κ1) is 18.5. The summed E-state index contributed by atoms with van der Waals surface area (Å²) in [5, 5.41) is 0. The maximum atomic E-state index is 12.5. The number of carbonyl (C=O) groups excluding carboxylic acids is 2. The zero-order chi connectivity index (χ0) is 15.4. The molecule has 1 aliphatic rings. The number of likely N-dealkylation sites (tertiary alicyclic amines) is 1. The van der Waals surface area contributed by atoms with E-state index in [-0.39, 0.29) is 30.3 Å². The summed E-state index contributed by atoms with van der Waals surface area (Å²) in [6, 6.07) is 6.99. The minimum absolute atomic E-state index is 0. The molecule has 1 unspecified atom stereocenters. The summed E-state index contributed by atoms with van der Waals surface area (Å²) >= 11 is 0. The van der Waals surface area contributed by atoms with Crippen LogP contribution in [0.15, 0.2) is 24.3 Å². The minimum atomic E-state index is -0.0671. The average Bonchev–Trinajstić information content (AvgIpc) is 2.52. The Morgan fingerprint density at radius 1 is 1.36 bits per heavy atom. The Bertz CT molecular complexity index is 536. The molecule has 0 bridgehead atoms. The van der Waals surface area contributed by atoms with Crippen LogP contribution in [0.4, 0.5) is 0 Å². The third kappa shape index (κ3) is 4.21. The van der Waals surface area contributed by atoms with Gasteiger partial charge in [-0.05, 0) is 38.0 Å². The quantitative estimate of drug-likeness (QED) is 0.921. The van der Waals surface area contributed by atoms with Gasteiger partial charge >= 0.3 is 0 Å². The van der Waals surface area contributed by atoms with E-state index in [9.17, 15) is 9.59 Å². The van der Waals surface area contributed by atoms with Crippen LogP contribution < -0.4 is 5.73 Å². The molecule has 0 aliphatic carbocycles. The maximum absolute atomic E-state index is 12.5. The lowest BCUT2D eigenvalue weighted by molar-refractivity contribution is 0.0709. The molecular formula is C16H24ClN3O2. The van der Waals surface area contributed by atoms with Gasteiger partial charge in [-0.3, -0.25) is 9.59 Å². The van der Waals surface area contributed by atoms with Gasteiger partial charge in [0.25, 0.3) is 11.8 Å². The van der Waals surface area contributed by atoms with Crippen molar-refractivity contribution in [3.8, 4) is 0 Å². The molecule has 1 atom stereocenters. The molecule has 1 aromatic carbocycles. The van der Waals surface area contributed by atoms with Gasteiger partial charge in [-0.1, -0.05) is 6.07 Å². The number of rotatable bonds is 3. The summed E-state index contributed by atoms with van der Waals surface area (Å²) < 4.78 is 0. The molecule has 1 saturated heterocycles.